The molecule has 0 aliphatic carbocycles. The number of hydrogen-bond acceptors (Lipinski definition) is 4. The molecule has 0 saturated heterocycles. The third kappa shape index (κ3) is 3.06. The van der Waals surface area contributed by atoms with Crippen LogP contribution in [0, 0.1) is 6.92 Å². The molecule has 0 spiro atoms. The molecule has 2 aromatic carbocycles. The number of hydrogen-bond donors (Lipinski definition) is 1. The summed E-state index contributed by atoms with van der Waals surface area (Å²) >= 11 is 6.13. The van der Waals surface area contributed by atoms with Gasteiger partial charge in [-0.2, -0.15) is 0 Å². The van der Waals surface area contributed by atoms with Gasteiger partial charge in [-0.15, -0.1) is 0 Å². The zero-order valence-corrected chi connectivity index (χ0v) is 12.4. The van der Waals surface area contributed by atoms with Gasteiger partial charge in [-0.3, -0.25) is 0 Å². The molecule has 0 bridgehead atoms. The van der Waals surface area contributed by atoms with Crippen molar-refractivity contribution >= 4 is 17.3 Å². The first-order valence-corrected chi connectivity index (χ1v) is 7.02. The predicted molar refractivity (Wildman–Crippen MR) is 81.7 cm³/mol. The Labute approximate surface area is 128 Å². The molecule has 1 heterocycles. The maximum atomic E-state index is 6.13. The van der Waals surface area contributed by atoms with Crippen molar-refractivity contribution in [2.45, 2.75) is 20.1 Å². The summed E-state index contributed by atoms with van der Waals surface area (Å²) in [4.78, 5) is 0. The fraction of sp³-hybridized carbons (Fsp3) is 0.250. The van der Waals surface area contributed by atoms with E-state index >= 15 is 0 Å². The minimum absolute atomic E-state index is 0.253. The predicted octanol–water partition coefficient (Wildman–Crippen LogP) is 3.68. The van der Waals surface area contributed by atoms with Crippen molar-refractivity contribution in [2.75, 3.05) is 12.5 Å². The monoisotopic (exact) mass is 305 g/mol. The van der Waals surface area contributed by atoms with Crippen molar-refractivity contribution in [2.24, 2.45) is 0 Å². The molecule has 0 aromatic heterocycles. The first kappa shape index (κ1) is 14.0. The fourth-order valence-corrected chi connectivity index (χ4v) is 2.62. The number of nitrogen functional groups attached to an aromatic ring is 1. The van der Waals surface area contributed by atoms with E-state index in [9.17, 15) is 0 Å². The summed E-state index contributed by atoms with van der Waals surface area (Å²) in [5, 5.41) is 0.649. The summed E-state index contributed by atoms with van der Waals surface area (Å²) in [5.74, 6) is 1.60. The molecule has 2 aromatic rings. The van der Waals surface area contributed by atoms with Gasteiger partial charge in [0.15, 0.2) is 6.79 Å². The van der Waals surface area contributed by atoms with Gasteiger partial charge in [0.05, 0.1) is 6.61 Å². The number of aryl methyl sites for hydroxylation is 1. The van der Waals surface area contributed by atoms with Crippen LogP contribution in [0.4, 0.5) is 5.69 Å². The van der Waals surface area contributed by atoms with Crippen LogP contribution < -0.4 is 15.2 Å². The van der Waals surface area contributed by atoms with E-state index in [1.54, 1.807) is 0 Å². The summed E-state index contributed by atoms with van der Waals surface area (Å²) in [7, 11) is 0. The Morgan fingerprint density at radius 1 is 1.29 bits per heavy atom. The lowest BCUT2D eigenvalue weighted by Crippen LogP contribution is -2.14. The minimum atomic E-state index is 0.253. The highest BCUT2D eigenvalue weighted by molar-refractivity contribution is 6.30. The summed E-state index contributed by atoms with van der Waals surface area (Å²) in [5.41, 5.74) is 9.32. The average molecular weight is 306 g/mol. The molecule has 0 atom stereocenters. The van der Waals surface area contributed by atoms with Crippen molar-refractivity contribution < 1.29 is 14.2 Å². The van der Waals surface area contributed by atoms with Crippen molar-refractivity contribution in [3.63, 3.8) is 0 Å². The maximum Gasteiger partial charge on any atom is 0.189 e. The Balaban J connectivity index is 1.83. The molecule has 0 fully saturated rings. The molecule has 0 amide bonds. The summed E-state index contributed by atoms with van der Waals surface area (Å²) in [6.45, 7) is 3.10. The molecule has 2 N–H and O–H groups in total. The molecule has 110 valence electrons. The Morgan fingerprint density at radius 2 is 2.14 bits per heavy atom. The first-order chi connectivity index (χ1) is 10.1. The molecule has 1 aliphatic heterocycles. The van der Waals surface area contributed by atoms with E-state index in [-0.39, 0.29) is 6.79 Å². The van der Waals surface area contributed by atoms with E-state index in [4.69, 9.17) is 31.5 Å². The lowest BCUT2D eigenvalue weighted by atomic mass is 10.1. The highest BCUT2D eigenvalue weighted by Gasteiger charge is 2.17. The van der Waals surface area contributed by atoms with Crippen LogP contribution in [0.1, 0.15) is 16.7 Å². The quantitative estimate of drug-likeness (QED) is 0.879. The lowest BCUT2D eigenvalue weighted by molar-refractivity contribution is -0.0175. The van der Waals surface area contributed by atoms with Crippen LogP contribution in [0.3, 0.4) is 0 Å². The van der Waals surface area contributed by atoms with Gasteiger partial charge in [-0.05, 0) is 42.8 Å². The largest absolute Gasteiger partial charge is 0.488 e. The van der Waals surface area contributed by atoms with Crippen molar-refractivity contribution in [1.82, 2.24) is 0 Å². The van der Waals surface area contributed by atoms with Crippen molar-refractivity contribution in [1.29, 1.82) is 0 Å². The van der Waals surface area contributed by atoms with E-state index in [0.29, 0.717) is 18.2 Å². The smallest absolute Gasteiger partial charge is 0.189 e. The van der Waals surface area contributed by atoms with Crippen LogP contribution in [0.15, 0.2) is 30.3 Å². The molecular weight excluding hydrogens is 290 g/mol. The van der Waals surface area contributed by atoms with Gasteiger partial charge in [-0.25, -0.2) is 0 Å². The average Bonchev–Trinajstić information content (AvgIpc) is 2.46. The normalized spacial score (nSPS) is 13.4. The molecule has 21 heavy (non-hydrogen) atoms. The Bertz CT molecular complexity index is 673. The Kier molecular flexibility index (Phi) is 3.90. The fourth-order valence-electron chi connectivity index (χ4n) is 2.35. The first-order valence-electron chi connectivity index (χ1n) is 6.64. The second-order valence-corrected chi connectivity index (χ2v) is 5.41. The Hall–Kier alpha value is -1.91. The van der Waals surface area contributed by atoms with Gasteiger partial charge in [0.2, 0.25) is 0 Å². The van der Waals surface area contributed by atoms with Crippen LogP contribution in [0.5, 0.6) is 11.5 Å². The summed E-state index contributed by atoms with van der Waals surface area (Å²) in [6, 6.07) is 9.28. The van der Waals surface area contributed by atoms with Gasteiger partial charge in [0, 0.05) is 21.8 Å². The highest BCUT2D eigenvalue weighted by atomic mass is 35.5. The zero-order chi connectivity index (χ0) is 14.8. The van der Waals surface area contributed by atoms with E-state index in [2.05, 4.69) is 0 Å². The van der Waals surface area contributed by atoms with E-state index in [0.717, 1.165) is 33.9 Å². The van der Waals surface area contributed by atoms with Crippen LogP contribution >= 0.6 is 11.6 Å². The van der Waals surface area contributed by atoms with Crippen LogP contribution in [0.2, 0.25) is 5.02 Å². The van der Waals surface area contributed by atoms with Gasteiger partial charge in [-0.1, -0.05) is 11.6 Å². The zero-order valence-electron chi connectivity index (χ0n) is 11.7. The van der Waals surface area contributed by atoms with Crippen LogP contribution in [-0.4, -0.2) is 6.79 Å². The third-order valence-electron chi connectivity index (χ3n) is 3.33. The molecule has 0 radical (unpaired) electrons. The number of rotatable bonds is 3. The molecule has 0 saturated carbocycles. The second kappa shape index (κ2) is 5.84. The number of halogens is 1. The highest BCUT2D eigenvalue weighted by Crippen LogP contribution is 2.32. The van der Waals surface area contributed by atoms with E-state index in [1.807, 2.05) is 37.3 Å². The van der Waals surface area contributed by atoms with Gasteiger partial charge < -0.3 is 19.9 Å². The third-order valence-corrected chi connectivity index (χ3v) is 3.55. The van der Waals surface area contributed by atoms with Crippen molar-refractivity contribution in [3.05, 3.63) is 52.0 Å². The summed E-state index contributed by atoms with van der Waals surface area (Å²) < 4.78 is 16.7. The molecule has 5 heteroatoms. The Morgan fingerprint density at radius 3 is 2.95 bits per heavy atom. The number of ether oxygens (including phenoxy) is 3. The SMILES string of the molecule is Cc1cc(N)ccc1OCc1cc(Cl)cc2c1OCOC2. The molecular formula is C16H16ClNO3. The van der Waals surface area contributed by atoms with Crippen LogP contribution in [-0.2, 0) is 18.0 Å². The van der Waals surface area contributed by atoms with Gasteiger partial charge in [0.1, 0.15) is 18.1 Å². The molecule has 0 unspecified atom stereocenters. The van der Waals surface area contributed by atoms with Crippen LogP contribution in [0.25, 0.3) is 0 Å². The van der Waals surface area contributed by atoms with Gasteiger partial charge in [0.25, 0.3) is 0 Å². The summed E-state index contributed by atoms with van der Waals surface area (Å²) in [6.07, 6.45) is 0. The molecule has 3 rings (SSSR count). The van der Waals surface area contributed by atoms with Gasteiger partial charge >= 0.3 is 0 Å². The number of nitrogens with two attached hydrogens (primary N) is 1. The molecule has 4 nitrogen and oxygen atoms in total. The van der Waals surface area contributed by atoms with Crippen molar-refractivity contribution in [3.8, 4) is 11.5 Å². The van der Waals surface area contributed by atoms with E-state index < -0.39 is 0 Å². The number of anilines is 1. The molecule has 1 aliphatic rings. The number of benzene rings is 2. The van der Waals surface area contributed by atoms with E-state index in [1.165, 1.54) is 0 Å². The number of fused-ring (bicyclic) bond motifs is 1. The second-order valence-electron chi connectivity index (χ2n) is 4.98. The maximum absolute atomic E-state index is 6.13. The lowest BCUT2D eigenvalue weighted by Gasteiger charge is -2.21. The minimum Gasteiger partial charge on any atom is -0.488 e. The topological polar surface area (TPSA) is 53.7 Å². The standard InChI is InChI=1S/C16H16ClNO3/c1-10-4-14(18)2-3-15(10)20-8-12-6-13(17)5-11-7-19-9-21-16(11)12/h2-6H,7-9,18H2,1H3.